The van der Waals surface area contributed by atoms with Crippen molar-refractivity contribution in [1.29, 1.82) is 0 Å². The van der Waals surface area contributed by atoms with Crippen molar-refractivity contribution in [3.63, 3.8) is 0 Å². The lowest BCUT2D eigenvalue weighted by molar-refractivity contribution is -0.132. The number of aliphatic hydroxyl groups is 1. The van der Waals surface area contributed by atoms with Crippen LogP contribution < -0.4 is 9.64 Å². The standard InChI is InChI=1S/C27H22Cl2N2O6S/c1-5-10-37-26(35)24-14(3)30-27(38-24)31-21(17-8-7-16(28)12-18(17)29)20(23(33)25(31)34)22(32)15-6-9-19(36-4)13(2)11-15/h5-9,11-12,21,32H,1,10H2,2-4H3/b22-20+. The maximum absolute atomic E-state index is 13.4. The molecule has 1 aliphatic heterocycles. The smallest absolute Gasteiger partial charge is 0.350 e. The fraction of sp³-hybridized carbons (Fsp3) is 0.185. The highest BCUT2D eigenvalue weighted by atomic mass is 35.5. The van der Waals surface area contributed by atoms with Gasteiger partial charge in [-0.1, -0.05) is 53.3 Å². The van der Waals surface area contributed by atoms with Crippen molar-refractivity contribution in [1.82, 2.24) is 4.98 Å². The molecule has 1 aliphatic rings. The molecule has 1 aromatic heterocycles. The van der Waals surface area contributed by atoms with Crippen molar-refractivity contribution in [3.8, 4) is 5.75 Å². The summed E-state index contributed by atoms with van der Waals surface area (Å²) in [7, 11) is 1.52. The number of hydrogen-bond donors (Lipinski definition) is 1. The molecule has 1 unspecified atom stereocenters. The van der Waals surface area contributed by atoms with Crippen LogP contribution >= 0.6 is 34.5 Å². The molecule has 1 fully saturated rings. The van der Waals surface area contributed by atoms with Crippen LogP contribution in [-0.4, -0.2) is 41.5 Å². The molecule has 0 aliphatic carbocycles. The third-order valence-corrected chi connectivity index (χ3v) is 7.58. The number of rotatable bonds is 7. The van der Waals surface area contributed by atoms with Gasteiger partial charge in [0.1, 0.15) is 23.0 Å². The molecule has 0 radical (unpaired) electrons. The van der Waals surface area contributed by atoms with Crippen LogP contribution in [0.3, 0.4) is 0 Å². The summed E-state index contributed by atoms with van der Waals surface area (Å²) in [5.74, 6) is -2.32. The minimum Gasteiger partial charge on any atom is -0.507 e. The summed E-state index contributed by atoms with van der Waals surface area (Å²) >= 11 is 13.5. The number of aliphatic hydroxyl groups excluding tert-OH is 1. The monoisotopic (exact) mass is 572 g/mol. The molecule has 3 aromatic rings. The van der Waals surface area contributed by atoms with Crippen molar-refractivity contribution in [3.05, 3.63) is 91.9 Å². The van der Waals surface area contributed by atoms with Gasteiger partial charge >= 0.3 is 11.9 Å². The van der Waals surface area contributed by atoms with E-state index >= 15 is 0 Å². The summed E-state index contributed by atoms with van der Waals surface area (Å²) in [6, 6.07) is 8.33. The predicted octanol–water partition coefficient (Wildman–Crippen LogP) is 6.04. The number of carbonyl (C=O) groups is 3. The molecule has 0 bridgehead atoms. The second-order valence-corrected chi connectivity index (χ2v) is 10.1. The van der Waals surface area contributed by atoms with E-state index in [0.717, 1.165) is 16.2 Å². The Balaban J connectivity index is 1.92. The molecule has 11 heteroatoms. The first-order valence-electron chi connectivity index (χ1n) is 11.2. The molecule has 0 spiro atoms. The lowest BCUT2D eigenvalue weighted by atomic mass is 9.95. The molecule has 8 nitrogen and oxygen atoms in total. The van der Waals surface area contributed by atoms with Crippen molar-refractivity contribution in [2.45, 2.75) is 19.9 Å². The van der Waals surface area contributed by atoms with Crippen molar-refractivity contribution in [2.24, 2.45) is 0 Å². The van der Waals surface area contributed by atoms with Gasteiger partial charge in [0, 0.05) is 15.6 Å². The van der Waals surface area contributed by atoms with E-state index in [2.05, 4.69) is 11.6 Å². The Morgan fingerprint density at radius 1 is 1.21 bits per heavy atom. The van der Waals surface area contributed by atoms with Crippen LogP contribution in [0, 0.1) is 13.8 Å². The van der Waals surface area contributed by atoms with E-state index in [0.29, 0.717) is 33.2 Å². The largest absolute Gasteiger partial charge is 0.507 e. The average Bonchev–Trinajstić information content (AvgIpc) is 3.38. The zero-order chi connectivity index (χ0) is 27.7. The first-order chi connectivity index (χ1) is 18.1. The second kappa shape index (κ2) is 11.0. The van der Waals surface area contributed by atoms with Gasteiger partial charge in [0.15, 0.2) is 5.13 Å². The molecule has 1 amide bonds. The maximum atomic E-state index is 13.4. The number of aromatic nitrogens is 1. The predicted molar refractivity (Wildman–Crippen MR) is 146 cm³/mol. The summed E-state index contributed by atoms with van der Waals surface area (Å²) in [5.41, 5.74) is 1.48. The van der Waals surface area contributed by atoms with Gasteiger partial charge in [-0.05, 0) is 55.3 Å². The number of ketones is 1. The fourth-order valence-electron chi connectivity index (χ4n) is 4.10. The summed E-state index contributed by atoms with van der Waals surface area (Å²) in [6.07, 6.45) is 1.43. The molecule has 38 heavy (non-hydrogen) atoms. The molecule has 2 heterocycles. The minimum atomic E-state index is -1.15. The lowest BCUT2D eigenvalue weighted by Crippen LogP contribution is -2.29. The number of methoxy groups -OCH3 is 1. The van der Waals surface area contributed by atoms with Gasteiger partial charge in [-0.3, -0.25) is 14.5 Å². The quantitative estimate of drug-likeness (QED) is 0.121. The zero-order valence-electron chi connectivity index (χ0n) is 20.6. The maximum Gasteiger partial charge on any atom is 0.350 e. The Hall–Kier alpha value is -3.66. The van der Waals surface area contributed by atoms with E-state index in [1.54, 1.807) is 44.2 Å². The van der Waals surface area contributed by atoms with Crippen LogP contribution in [0.15, 0.2) is 54.6 Å². The summed E-state index contributed by atoms with van der Waals surface area (Å²) in [4.78, 5) is 45.0. The highest BCUT2D eigenvalue weighted by molar-refractivity contribution is 7.17. The van der Waals surface area contributed by atoms with Crippen molar-refractivity contribution < 1.29 is 29.0 Å². The third kappa shape index (κ3) is 4.92. The van der Waals surface area contributed by atoms with Gasteiger partial charge in [-0.15, -0.1) is 0 Å². The second-order valence-electron chi connectivity index (χ2n) is 8.32. The van der Waals surface area contributed by atoms with Crippen molar-refractivity contribution >= 4 is 63.1 Å². The average molecular weight is 573 g/mol. The summed E-state index contributed by atoms with van der Waals surface area (Å²) < 4.78 is 10.4. The van der Waals surface area contributed by atoms with Gasteiger partial charge in [0.05, 0.1) is 24.4 Å². The van der Waals surface area contributed by atoms with Gasteiger partial charge in [-0.25, -0.2) is 9.78 Å². The van der Waals surface area contributed by atoms with Crippen LogP contribution in [0.1, 0.15) is 38.1 Å². The number of Topliss-reactive ketones (excluding diaryl/α,β-unsaturated/α-hetero) is 1. The minimum absolute atomic E-state index is 0.00230. The molecule has 1 saturated heterocycles. The van der Waals surface area contributed by atoms with E-state index < -0.39 is 29.5 Å². The summed E-state index contributed by atoms with van der Waals surface area (Å²) in [5, 5.41) is 11.9. The molecule has 1 atom stereocenters. The number of esters is 1. The molecule has 2 aromatic carbocycles. The molecule has 196 valence electrons. The van der Waals surface area contributed by atoms with Crippen molar-refractivity contribution in [2.75, 3.05) is 18.6 Å². The van der Waals surface area contributed by atoms with Gasteiger partial charge in [0.25, 0.3) is 5.78 Å². The number of halogens is 2. The fourth-order valence-corrected chi connectivity index (χ4v) is 5.60. The van der Waals surface area contributed by atoms with Crippen LogP contribution in [-0.2, 0) is 14.3 Å². The lowest BCUT2D eigenvalue weighted by Gasteiger charge is -2.24. The number of hydrogen-bond acceptors (Lipinski definition) is 8. The highest BCUT2D eigenvalue weighted by Crippen LogP contribution is 2.46. The topological polar surface area (TPSA) is 106 Å². The third-order valence-electron chi connectivity index (χ3n) is 5.88. The zero-order valence-corrected chi connectivity index (χ0v) is 22.9. The van der Waals surface area contributed by atoms with E-state index in [1.807, 2.05) is 0 Å². The number of thiazole rings is 1. The number of carbonyl (C=O) groups excluding carboxylic acids is 3. The molecule has 4 rings (SSSR count). The van der Waals surface area contributed by atoms with Crippen LogP contribution in [0.25, 0.3) is 5.76 Å². The SMILES string of the molecule is C=CCOC(=O)c1sc(N2C(=O)C(=O)/C(=C(/O)c3ccc(OC)c(C)c3)C2c2ccc(Cl)cc2Cl)nc1C. The van der Waals surface area contributed by atoms with Gasteiger partial charge < -0.3 is 14.6 Å². The van der Waals surface area contributed by atoms with E-state index in [4.69, 9.17) is 32.7 Å². The van der Waals surface area contributed by atoms with Gasteiger partial charge in [-0.2, -0.15) is 0 Å². The number of amides is 1. The van der Waals surface area contributed by atoms with Crippen LogP contribution in [0.5, 0.6) is 5.75 Å². The number of benzene rings is 2. The Morgan fingerprint density at radius 3 is 2.58 bits per heavy atom. The Bertz CT molecular complexity index is 1510. The normalized spacial score (nSPS) is 16.6. The molecular weight excluding hydrogens is 551 g/mol. The number of aryl methyl sites for hydroxylation is 2. The molecular formula is C27H22Cl2N2O6S. The van der Waals surface area contributed by atoms with Crippen LogP contribution in [0.4, 0.5) is 5.13 Å². The summed E-state index contributed by atoms with van der Waals surface area (Å²) in [6.45, 7) is 6.89. The van der Waals surface area contributed by atoms with E-state index in [-0.39, 0.29) is 27.2 Å². The Labute approximate surface area is 232 Å². The van der Waals surface area contributed by atoms with Gasteiger partial charge in [0.2, 0.25) is 0 Å². The number of nitrogens with zero attached hydrogens (tertiary/aromatic N) is 2. The number of anilines is 1. The Morgan fingerprint density at radius 2 is 1.95 bits per heavy atom. The van der Waals surface area contributed by atoms with E-state index in [9.17, 15) is 19.5 Å². The number of ether oxygens (including phenoxy) is 2. The Kier molecular flexibility index (Phi) is 7.91. The van der Waals surface area contributed by atoms with Crippen LogP contribution in [0.2, 0.25) is 10.0 Å². The molecule has 1 N–H and O–H groups in total. The molecule has 0 saturated carbocycles. The highest BCUT2D eigenvalue weighted by Gasteiger charge is 2.49. The first-order valence-corrected chi connectivity index (χ1v) is 12.8. The first kappa shape index (κ1) is 27.4. The van der Waals surface area contributed by atoms with E-state index in [1.165, 1.54) is 19.3 Å².